The molecule has 0 aromatic heterocycles. The Morgan fingerprint density at radius 2 is 2.27 bits per heavy atom. The third kappa shape index (κ3) is 2.94. The predicted molar refractivity (Wildman–Crippen MR) is 63.0 cm³/mol. The van der Waals surface area contributed by atoms with Crippen LogP contribution in [0.15, 0.2) is 0 Å². The molecule has 1 N–H and O–H groups in total. The Morgan fingerprint density at radius 1 is 1.40 bits per heavy atom. The molecule has 1 saturated carbocycles. The van der Waals surface area contributed by atoms with Crippen LogP contribution in [0.5, 0.6) is 0 Å². The molecule has 2 rings (SSSR count). The molecule has 15 heavy (non-hydrogen) atoms. The largest absolute Gasteiger partial charge is 0.378 e. The average molecular weight is 211 g/mol. The van der Waals surface area contributed by atoms with Gasteiger partial charge in [-0.1, -0.05) is 13.8 Å². The maximum Gasteiger partial charge on any atom is 0.0581 e. The SMILES string of the molecule is CCNC1CCC(C)(CC2CCCO2)C1. The van der Waals surface area contributed by atoms with Crippen molar-refractivity contribution in [3.05, 3.63) is 0 Å². The van der Waals surface area contributed by atoms with Gasteiger partial charge in [-0.2, -0.15) is 0 Å². The summed E-state index contributed by atoms with van der Waals surface area (Å²) in [6.45, 7) is 6.76. The summed E-state index contributed by atoms with van der Waals surface area (Å²) in [5.41, 5.74) is 0.543. The fourth-order valence-electron chi connectivity index (χ4n) is 3.32. The van der Waals surface area contributed by atoms with Gasteiger partial charge in [0, 0.05) is 12.6 Å². The zero-order valence-electron chi connectivity index (χ0n) is 10.2. The van der Waals surface area contributed by atoms with Crippen LogP contribution in [-0.2, 0) is 4.74 Å². The van der Waals surface area contributed by atoms with E-state index in [1.54, 1.807) is 0 Å². The highest BCUT2D eigenvalue weighted by molar-refractivity contribution is 4.91. The molecular weight excluding hydrogens is 186 g/mol. The third-order valence-corrected chi connectivity index (χ3v) is 4.07. The zero-order valence-corrected chi connectivity index (χ0v) is 10.2. The standard InChI is InChI=1S/C13H25NO/c1-3-14-11-6-7-13(2,9-11)10-12-5-4-8-15-12/h11-12,14H,3-10H2,1-2H3. The lowest BCUT2D eigenvalue weighted by Gasteiger charge is -2.27. The molecule has 1 aliphatic carbocycles. The van der Waals surface area contributed by atoms with E-state index in [4.69, 9.17) is 4.74 Å². The lowest BCUT2D eigenvalue weighted by Crippen LogP contribution is -2.28. The summed E-state index contributed by atoms with van der Waals surface area (Å²) in [6, 6.07) is 0.765. The van der Waals surface area contributed by atoms with Gasteiger partial charge in [0.15, 0.2) is 0 Å². The molecule has 3 atom stereocenters. The minimum absolute atomic E-state index is 0.543. The van der Waals surface area contributed by atoms with Gasteiger partial charge in [0.2, 0.25) is 0 Å². The van der Waals surface area contributed by atoms with E-state index in [1.165, 1.54) is 38.5 Å². The fraction of sp³-hybridized carbons (Fsp3) is 1.00. The van der Waals surface area contributed by atoms with Gasteiger partial charge >= 0.3 is 0 Å². The second kappa shape index (κ2) is 4.84. The molecule has 0 spiro atoms. The topological polar surface area (TPSA) is 21.3 Å². The molecule has 2 aliphatic rings. The van der Waals surface area contributed by atoms with Crippen LogP contribution < -0.4 is 5.32 Å². The minimum atomic E-state index is 0.543. The lowest BCUT2D eigenvalue weighted by molar-refractivity contribution is 0.0673. The van der Waals surface area contributed by atoms with Crippen LogP contribution in [0.25, 0.3) is 0 Å². The van der Waals surface area contributed by atoms with Gasteiger partial charge in [0.25, 0.3) is 0 Å². The van der Waals surface area contributed by atoms with E-state index in [0.29, 0.717) is 11.5 Å². The Labute approximate surface area is 93.8 Å². The third-order valence-electron chi connectivity index (χ3n) is 4.07. The summed E-state index contributed by atoms with van der Waals surface area (Å²) in [4.78, 5) is 0. The Morgan fingerprint density at radius 3 is 2.93 bits per heavy atom. The van der Waals surface area contributed by atoms with E-state index in [1.807, 2.05) is 0 Å². The van der Waals surface area contributed by atoms with Gasteiger partial charge in [-0.25, -0.2) is 0 Å². The van der Waals surface area contributed by atoms with E-state index < -0.39 is 0 Å². The van der Waals surface area contributed by atoms with Crippen molar-refractivity contribution < 1.29 is 4.74 Å². The summed E-state index contributed by atoms with van der Waals surface area (Å²) >= 11 is 0. The van der Waals surface area contributed by atoms with E-state index in [-0.39, 0.29) is 0 Å². The van der Waals surface area contributed by atoms with Crippen molar-refractivity contribution in [2.45, 2.75) is 64.5 Å². The summed E-state index contributed by atoms with van der Waals surface area (Å²) in [6.07, 6.45) is 8.51. The monoisotopic (exact) mass is 211 g/mol. The maximum atomic E-state index is 5.75. The van der Waals surface area contributed by atoms with Crippen LogP contribution >= 0.6 is 0 Å². The fourth-order valence-corrected chi connectivity index (χ4v) is 3.32. The minimum Gasteiger partial charge on any atom is -0.378 e. The second-order valence-corrected chi connectivity index (χ2v) is 5.65. The summed E-state index contributed by atoms with van der Waals surface area (Å²) < 4.78 is 5.75. The molecule has 2 fully saturated rings. The summed E-state index contributed by atoms with van der Waals surface area (Å²) in [7, 11) is 0. The number of nitrogens with one attached hydrogen (secondary N) is 1. The quantitative estimate of drug-likeness (QED) is 0.772. The highest BCUT2D eigenvalue weighted by Crippen LogP contribution is 2.43. The molecule has 0 radical (unpaired) electrons. The molecule has 0 amide bonds. The Hall–Kier alpha value is -0.0800. The Balaban J connectivity index is 1.80. The van der Waals surface area contributed by atoms with E-state index >= 15 is 0 Å². The van der Waals surface area contributed by atoms with Gasteiger partial charge in [-0.15, -0.1) is 0 Å². The van der Waals surface area contributed by atoms with Gasteiger partial charge in [0.05, 0.1) is 6.10 Å². The van der Waals surface area contributed by atoms with Crippen LogP contribution in [0, 0.1) is 5.41 Å². The van der Waals surface area contributed by atoms with Crippen LogP contribution in [0.1, 0.15) is 52.4 Å². The van der Waals surface area contributed by atoms with Gasteiger partial charge in [-0.05, 0) is 50.5 Å². The van der Waals surface area contributed by atoms with Crippen LogP contribution in [0.2, 0.25) is 0 Å². The van der Waals surface area contributed by atoms with Crippen molar-refractivity contribution in [3.8, 4) is 0 Å². The Bertz CT molecular complexity index is 201. The first-order valence-corrected chi connectivity index (χ1v) is 6.57. The molecule has 3 unspecified atom stereocenters. The molecule has 1 saturated heterocycles. The normalized spacial score (nSPS) is 41.2. The van der Waals surface area contributed by atoms with Gasteiger partial charge in [-0.3, -0.25) is 0 Å². The molecular formula is C13H25NO. The number of hydrogen-bond donors (Lipinski definition) is 1. The average Bonchev–Trinajstić information content (AvgIpc) is 2.78. The number of rotatable bonds is 4. The van der Waals surface area contributed by atoms with Gasteiger partial charge in [0.1, 0.15) is 0 Å². The molecule has 1 heterocycles. The first-order valence-electron chi connectivity index (χ1n) is 6.57. The maximum absolute atomic E-state index is 5.75. The lowest BCUT2D eigenvalue weighted by atomic mass is 9.82. The number of ether oxygens (including phenoxy) is 1. The van der Waals surface area contributed by atoms with Crippen molar-refractivity contribution in [3.63, 3.8) is 0 Å². The van der Waals surface area contributed by atoms with Crippen LogP contribution in [-0.4, -0.2) is 25.3 Å². The van der Waals surface area contributed by atoms with E-state index in [2.05, 4.69) is 19.2 Å². The van der Waals surface area contributed by atoms with Crippen molar-refractivity contribution in [2.24, 2.45) is 5.41 Å². The highest BCUT2D eigenvalue weighted by atomic mass is 16.5. The first kappa shape index (κ1) is 11.4. The summed E-state index contributed by atoms with van der Waals surface area (Å²) in [5, 5.41) is 3.58. The molecule has 2 nitrogen and oxygen atoms in total. The van der Waals surface area contributed by atoms with Crippen LogP contribution in [0.3, 0.4) is 0 Å². The first-order chi connectivity index (χ1) is 7.22. The predicted octanol–water partition coefficient (Wildman–Crippen LogP) is 2.72. The van der Waals surface area contributed by atoms with Crippen molar-refractivity contribution >= 4 is 0 Å². The van der Waals surface area contributed by atoms with Crippen molar-refractivity contribution in [1.82, 2.24) is 5.32 Å². The van der Waals surface area contributed by atoms with Crippen LogP contribution in [0.4, 0.5) is 0 Å². The molecule has 1 aliphatic heterocycles. The highest BCUT2D eigenvalue weighted by Gasteiger charge is 2.37. The number of hydrogen-bond acceptors (Lipinski definition) is 2. The van der Waals surface area contributed by atoms with Gasteiger partial charge < -0.3 is 10.1 Å². The summed E-state index contributed by atoms with van der Waals surface area (Å²) in [5.74, 6) is 0. The molecule has 2 heteroatoms. The smallest absolute Gasteiger partial charge is 0.0581 e. The van der Waals surface area contributed by atoms with E-state index in [9.17, 15) is 0 Å². The van der Waals surface area contributed by atoms with Crippen molar-refractivity contribution in [2.75, 3.05) is 13.2 Å². The molecule has 0 aromatic carbocycles. The second-order valence-electron chi connectivity index (χ2n) is 5.65. The van der Waals surface area contributed by atoms with Crippen molar-refractivity contribution in [1.29, 1.82) is 0 Å². The molecule has 0 bridgehead atoms. The zero-order chi connectivity index (χ0) is 10.7. The molecule has 88 valence electrons. The molecule has 0 aromatic rings. The van der Waals surface area contributed by atoms with E-state index in [0.717, 1.165) is 19.2 Å². The Kier molecular flexibility index (Phi) is 3.68.